The molecule has 3 aromatic heterocycles. The second-order valence-corrected chi connectivity index (χ2v) is 21.1. The van der Waals surface area contributed by atoms with Gasteiger partial charge in [-0.2, -0.15) is 0 Å². The number of rotatable bonds is 10. The molecule has 0 bridgehead atoms. The summed E-state index contributed by atoms with van der Waals surface area (Å²) in [6.07, 6.45) is 7.70. The van der Waals surface area contributed by atoms with E-state index in [0.29, 0.717) is 41.7 Å². The molecule has 7 heterocycles. The zero-order valence-corrected chi connectivity index (χ0v) is 39.9. The highest BCUT2D eigenvalue weighted by atomic mass is 32.1. The van der Waals surface area contributed by atoms with Gasteiger partial charge in [0, 0.05) is 78.1 Å². The molecule has 1 amide bonds. The van der Waals surface area contributed by atoms with E-state index < -0.39 is 0 Å². The number of aromatic hydroxyl groups is 1. The summed E-state index contributed by atoms with van der Waals surface area (Å²) < 4.78 is 7.83. The van der Waals surface area contributed by atoms with Crippen LogP contribution in [0, 0.1) is 32.6 Å². The zero-order chi connectivity index (χ0) is 46.0. The third-order valence-electron chi connectivity index (χ3n) is 15.8. The maximum atomic E-state index is 13.8. The Labute approximate surface area is 402 Å². The first kappa shape index (κ1) is 42.9. The zero-order valence-electron chi connectivity index (χ0n) is 39.1. The molecule has 7 aromatic rings. The number of oxazole rings is 1. The first-order valence-corrected chi connectivity index (χ1v) is 25.4. The van der Waals surface area contributed by atoms with Crippen LogP contribution in [-0.4, -0.2) is 92.1 Å². The summed E-state index contributed by atoms with van der Waals surface area (Å²) in [6, 6.07) is 34.8. The van der Waals surface area contributed by atoms with Gasteiger partial charge in [-0.05, 0) is 123 Å². The van der Waals surface area contributed by atoms with Crippen LogP contribution in [0.15, 0.2) is 119 Å². The predicted octanol–water partition coefficient (Wildman–Crippen LogP) is 9.72. The number of phenols is 1. The van der Waals surface area contributed by atoms with Gasteiger partial charge >= 0.3 is 0 Å². The van der Waals surface area contributed by atoms with Crippen molar-refractivity contribution < 1.29 is 14.3 Å². The molecule has 0 radical (unpaired) electrons. The van der Waals surface area contributed by atoms with Crippen molar-refractivity contribution in [1.82, 2.24) is 29.5 Å². The number of hydrogen-bond donors (Lipinski definition) is 1. The van der Waals surface area contributed by atoms with Crippen LogP contribution in [0.3, 0.4) is 0 Å². The van der Waals surface area contributed by atoms with Crippen molar-refractivity contribution in [2.75, 3.05) is 50.7 Å². The number of aryl methyl sites for hydroxylation is 3. The minimum atomic E-state index is -0.306. The number of carbonyl (C=O) groups is 1. The Kier molecular flexibility index (Phi) is 11.1. The van der Waals surface area contributed by atoms with E-state index in [1.165, 1.54) is 43.9 Å². The quantitative estimate of drug-likeness (QED) is 0.144. The van der Waals surface area contributed by atoms with E-state index in [1.807, 2.05) is 19.1 Å². The van der Waals surface area contributed by atoms with Crippen LogP contribution in [-0.2, 0) is 17.6 Å². The highest BCUT2D eigenvalue weighted by molar-refractivity contribution is 7.15. The second kappa shape index (κ2) is 17.6. The van der Waals surface area contributed by atoms with E-state index in [0.717, 1.165) is 105 Å². The number of likely N-dealkylation sites (tertiary alicyclic amines) is 2. The van der Waals surface area contributed by atoms with Crippen molar-refractivity contribution in [1.29, 1.82) is 0 Å². The normalized spacial score (nSPS) is 21.0. The summed E-state index contributed by atoms with van der Waals surface area (Å²) in [5, 5.41) is 20.4. The molecule has 12 heteroatoms. The summed E-state index contributed by atoms with van der Waals surface area (Å²) in [6.45, 7) is 13.1. The van der Waals surface area contributed by atoms with E-state index in [4.69, 9.17) is 9.41 Å². The average molecular weight is 923 g/mol. The lowest BCUT2D eigenvalue weighted by Gasteiger charge is -2.45. The molecule has 3 atom stereocenters. The summed E-state index contributed by atoms with van der Waals surface area (Å²) in [7, 11) is 0. The number of phenolic OH excluding ortho intramolecular Hbond substituents is 1. The molecule has 0 saturated carbocycles. The van der Waals surface area contributed by atoms with Crippen molar-refractivity contribution in [3.8, 4) is 10.8 Å². The Bertz CT molecular complexity index is 2980. The number of amides is 1. The number of aromatic nitrogens is 4. The number of anilines is 1. The van der Waals surface area contributed by atoms with Crippen LogP contribution in [0.4, 0.5) is 5.69 Å². The van der Waals surface area contributed by atoms with Crippen LogP contribution in [0.1, 0.15) is 110 Å². The van der Waals surface area contributed by atoms with Gasteiger partial charge in [-0.25, -0.2) is 4.98 Å². The SMILES string of the molecule is Cc1sc2c(c1C)C(c1ccc(C3CN(C(=O)C4CCN(CC5CN(c6ccc([C@@H]7c8ccc(O)cc8CC[C@@H]7c7ccccc7)cc6)C5)CC4)C3)cc1)=N[C@@H](Cc1ncco1)c1nnc(C)n1-2. The van der Waals surface area contributed by atoms with Crippen LogP contribution in [0.2, 0.25) is 0 Å². The van der Waals surface area contributed by atoms with Crippen molar-refractivity contribution in [3.63, 3.8) is 0 Å². The molecule has 3 saturated heterocycles. The maximum Gasteiger partial charge on any atom is 0.225 e. The fourth-order valence-corrected chi connectivity index (χ4v) is 13.1. The first-order chi connectivity index (χ1) is 33.2. The molecule has 68 heavy (non-hydrogen) atoms. The van der Waals surface area contributed by atoms with Gasteiger partial charge < -0.3 is 24.2 Å². The molecule has 4 aliphatic heterocycles. The lowest BCUT2D eigenvalue weighted by Crippen LogP contribution is -2.54. The smallest absolute Gasteiger partial charge is 0.225 e. The summed E-state index contributed by atoms with van der Waals surface area (Å²) in [5.41, 5.74) is 12.3. The number of thiophene rings is 1. The number of piperidine rings is 1. The van der Waals surface area contributed by atoms with E-state index in [2.05, 4.69) is 133 Å². The van der Waals surface area contributed by atoms with E-state index in [-0.39, 0.29) is 17.9 Å². The molecular weight excluding hydrogens is 865 g/mol. The van der Waals surface area contributed by atoms with Crippen LogP contribution < -0.4 is 4.90 Å². The molecule has 346 valence electrons. The number of benzene rings is 4. The monoisotopic (exact) mass is 922 g/mol. The van der Waals surface area contributed by atoms with Gasteiger partial charge in [-0.15, -0.1) is 21.5 Å². The van der Waals surface area contributed by atoms with E-state index >= 15 is 0 Å². The number of hydrogen-bond acceptors (Lipinski definition) is 10. The maximum absolute atomic E-state index is 13.8. The molecule has 1 N–H and O–H groups in total. The van der Waals surface area contributed by atoms with Gasteiger partial charge in [-0.1, -0.05) is 72.8 Å². The highest BCUT2D eigenvalue weighted by Crippen LogP contribution is 2.48. The van der Waals surface area contributed by atoms with E-state index in [1.54, 1.807) is 23.8 Å². The first-order valence-electron chi connectivity index (χ1n) is 24.5. The third-order valence-corrected chi connectivity index (χ3v) is 17.0. The van der Waals surface area contributed by atoms with Gasteiger partial charge in [0.15, 0.2) is 11.7 Å². The topological polar surface area (TPSA) is 116 Å². The van der Waals surface area contributed by atoms with Gasteiger partial charge in [0.25, 0.3) is 0 Å². The number of aliphatic imine (C=N–C) groups is 1. The lowest BCUT2D eigenvalue weighted by atomic mass is 9.69. The minimum absolute atomic E-state index is 0.117. The van der Waals surface area contributed by atoms with Gasteiger partial charge in [0.05, 0.1) is 18.3 Å². The Balaban J connectivity index is 0.636. The predicted molar refractivity (Wildman–Crippen MR) is 267 cm³/mol. The van der Waals surface area contributed by atoms with Crippen LogP contribution >= 0.6 is 11.3 Å². The van der Waals surface area contributed by atoms with Gasteiger partial charge in [-0.3, -0.25) is 14.4 Å². The molecule has 5 aliphatic rings. The standard InChI is InChI=1S/C56H58N8O3S/c1-34-35(2)68-56-51(34)53(58-49(28-50-57-23-26-67-50)54-60-59-36(3)64(54)56)41-11-9-38(10-12-41)44-32-63(33-44)55(66)42-21-24-61(25-22-42)29-37-30-62(31-37)45-16-13-40(14-17-45)52-47(39-7-5-4-6-8-39)19-15-43-27-46(65)18-20-48(43)52/h4-14,16-18,20,23,26-27,37,42,44,47,49,52,65H,15,19,21-22,24-25,28-33H2,1-3H3/t47-,49+,52+/m1/s1. The van der Waals surface area contributed by atoms with Crippen LogP contribution in [0.25, 0.3) is 5.00 Å². The fraction of sp³-hybridized carbons (Fsp3) is 0.375. The Morgan fingerprint density at radius 3 is 2.35 bits per heavy atom. The third kappa shape index (κ3) is 7.85. The molecule has 1 aliphatic carbocycles. The molecule has 0 spiro atoms. The Morgan fingerprint density at radius 2 is 1.60 bits per heavy atom. The molecule has 3 fully saturated rings. The molecule has 11 nitrogen and oxygen atoms in total. The van der Waals surface area contributed by atoms with Crippen molar-refractivity contribution in [2.24, 2.45) is 16.8 Å². The second-order valence-electron chi connectivity index (χ2n) is 19.9. The molecular formula is C56H58N8O3S. The Morgan fingerprint density at radius 1 is 0.838 bits per heavy atom. The molecule has 4 aromatic carbocycles. The Hall–Kier alpha value is -6.37. The molecule has 12 rings (SSSR count). The molecule has 0 unspecified atom stereocenters. The number of carbonyl (C=O) groups excluding carboxylic acids is 1. The number of fused-ring (bicyclic) bond motifs is 4. The summed E-state index contributed by atoms with van der Waals surface area (Å²) in [5.74, 6) is 4.71. The number of nitrogens with zero attached hydrogens (tertiary/aromatic N) is 8. The van der Waals surface area contributed by atoms with Crippen molar-refractivity contribution in [3.05, 3.63) is 176 Å². The average Bonchev–Trinajstić information content (AvgIpc) is 4.05. The van der Waals surface area contributed by atoms with Gasteiger partial charge in [0.1, 0.15) is 28.9 Å². The van der Waals surface area contributed by atoms with E-state index in [9.17, 15) is 9.90 Å². The lowest BCUT2D eigenvalue weighted by molar-refractivity contribution is -0.141. The summed E-state index contributed by atoms with van der Waals surface area (Å²) >= 11 is 1.76. The fourth-order valence-electron chi connectivity index (χ4n) is 11.9. The van der Waals surface area contributed by atoms with Crippen molar-refractivity contribution in [2.45, 2.75) is 76.7 Å². The largest absolute Gasteiger partial charge is 0.508 e. The summed E-state index contributed by atoms with van der Waals surface area (Å²) in [4.78, 5) is 32.0. The minimum Gasteiger partial charge on any atom is -0.508 e. The highest BCUT2D eigenvalue weighted by Gasteiger charge is 2.39. The van der Waals surface area contributed by atoms with Gasteiger partial charge in [0.2, 0.25) is 5.91 Å². The van der Waals surface area contributed by atoms with Crippen molar-refractivity contribution >= 4 is 28.6 Å². The van der Waals surface area contributed by atoms with Crippen LogP contribution in [0.5, 0.6) is 5.75 Å².